The van der Waals surface area contributed by atoms with Crippen LogP contribution in [0.4, 0.5) is 10.7 Å². The summed E-state index contributed by atoms with van der Waals surface area (Å²) in [6.45, 7) is 4.54. The van der Waals surface area contributed by atoms with E-state index in [9.17, 15) is 5.11 Å². The van der Waals surface area contributed by atoms with E-state index in [0.717, 1.165) is 11.3 Å². The molecule has 1 aromatic heterocycles. The maximum atomic E-state index is 9.90. The molecule has 0 fully saturated rings. The third kappa shape index (κ3) is 2.65. The van der Waals surface area contributed by atoms with Crippen molar-refractivity contribution in [3.63, 3.8) is 0 Å². The van der Waals surface area contributed by atoms with E-state index in [1.165, 1.54) is 11.3 Å². The van der Waals surface area contributed by atoms with Crippen LogP contribution in [-0.4, -0.2) is 9.67 Å². The van der Waals surface area contributed by atoms with Gasteiger partial charge in [0.05, 0.1) is 5.69 Å². The summed E-state index contributed by atoms with van der Waals surface area (Å²) < 4.78 is 2.23. The molecule has 0 amide bonds. The molecule has 0 unspecified atom stereocenters. The van der Waals surface area contributed by atoms with Gasteiger partial charge in [-0.3, -0.25) is 4.57 Å². The number of hydrogen-bond donors (Lipinski definition) is 1. The summed E-state index contributed by atoms with van der Waals surface area (Å²) in [5, 5.41) is 18.5. The van der Waals surface area contributed by atoms with Crippen molar-refractivity contribution in [1.82, 2.24) is 4.57 Å². The molecular weight excluding hydrogens is 266 g/mol. The Morgan fingerprint density at radius 1 is 1.39 bits per heavy atom. The molecule has 0 atom stereocenters. The monoisotopic (exact) mass is 279 g/mol. The lowest BCUT2D eigenvalue weighted by Gasteiger charge is -1.97. The van der Waals surface area contributed by atoms with E-state index >= 15 is 0 Å². The van der Waals surface area contributed by atoms with Crippen LogP contribution in [0.5, 0.6) is 5.88 Å². The molecule has 6 heteroatoms. The summed E-state index contributed by atoms with van der Waals surface area (Å²) in [5.74, 6) is 0.0869. The third-order valence-electron chi connectivity index (χ3n) is 2.43. The molecule has 0 bridgehead atoms. The first-order valence-electron chi connectivity index (χ1n) is 5.53. The summed E-state index contributed by atoms with van der Waals surface area (Å²) >= 11 is 6.39. The number of aromatic hydroxyl groups is 1. The van der Waals surface area contributed by atoms with E-state index in [2.05, 4.69) is 10.2 Å². The Morgan fingerprint density at radius 3 is 2.78 bits per heavy atom. The van der Waals surface area contributed by atoms with Gasteiger partial charge in [-0.05, 0) is 43.8 Å². The topological polar surface area (TPSA) is 49.9 Å². The van der Waals surface area contributed by atoms with E-state index in [1.807, 2.05) is 38.1 Å². The number of hydrogen-bond acceptors (Lipinski definition) is 5. The fraction of sp³-hybridized carbons (Fsp3) is 0.250. The van der Waals surface area contributed by atoms with Crippen LogP contribution < -0.4 is 0 Å². The van der Waals surface area contributed by atoms with Gasteiger partial charge in [0.15, 0.2) is 3.95 Å². The highest BCUT2D eigenvalue weighted by Crippen LogP contribution is 2.35. The maximum Gasteiger partial charge on any atom is 0.232 e. The number of thiazole rings is 1. The maximum absolute atomic E-state index is 9.90. The normalized spacial score (nSPS) is 11.2. The molecule has 2 aromatic rings. The number of aromatic nitrogens is 1. The Labute approximate surface area is 114 Å². The fourth-order valence-corrected chi connectivity index (χ4v) is 2.75. The zero-order valence-electron chi connectivity index (χ0n) is 10.1. The summed E-state index contributed by atoms with van der Waals surface area (Å²) in [6, 6.07) is 7.71. The van der Waals surface area contributed by atoms with Crippen molar-refractivity contribution in [3.05, 3.63) is 33.8 Å². The Kier molecular flexibility index (Phi) is 3.88. The standard InChI is InChI=1S/C12H13N3OS2/c1-3-15-11(16)10(18-12(15)17)14-13-9-6-4-5-8(2)7-9/h4-7,16H,3H2,1-2H3. The van der Waals surface area contributed by atoms with Crippen molar-refractivity contribution in [2.45, 2.75) is 20.4 Å². The van der Waals surface area contributed by atoms with Crippen molar-refractivity contribution in [2.24, 2.45) is 10.2 Å². The largest absolute Gasteiger partial charge is 0.492 e. The van der Waals surface area contributed by atoms with Crippen LogP contribution in [0, 0.1) is 10.9 Å². The van der Waals surface area contributed by atoms with Gasteiger partial charge in [0.1, 0.15) is 0 Å². The molecule has 0 aliphatic rings. The van der Waals surface area contributed by atoms with Crippen molar-refractivity contribution >= 4 is 34.2 Å². The summed E-state index contributed by atoms with van der Waals surface area (Å²) in [7, 11) is 0. The molecule has 0 saturated carbocycles. The van der Waals surface area contributed by atoms with Crippen LogP contribution in [0.25, 0.3) is 0 Å². The molecule has 0 spiro atoms. The highest BCUT2D eigenvalue weighted by Gasteiger charge is 2.09. The molecule has 1 heterocycles. The van der Waals surface area contributed by atoms with Crippen molar-refractivity contribution in [3.8, 4) is 5.88 Å². The van der Waals surface area contributed by atoms with Gasteiger partial charge in [-0.25, -0.2) is 0 Å². The first-order chi connectivity index (χ1) is 8.61. The first-order valence-corrected chi connectivity index (χ1v) is 6.75. The van der Waals surface area contributed by atoms with Gasteiger partial charge in [0.25, 0.3) is 0 Å². The van der Waals surface area contributed by atoms with Gasteiger partial charge in [-0.15, -0.1) is 10.2 Å². The Morgan fingerprint density at radius 2 is 2.17 bits per heavy atom. The van der Waals surface area contributed by atoms with Crippen molar-refractivity contribution in [2.75, 3.05) is 0 Å². The molecule has 94 valence electrons. The molecule has 0 radical (unpaired) electrons. The number of benzene rings is 1. The van der Waals surface area contributed by atoms with E-state index in [1.54, 1.807) is 4.57 Å². The van der Waals surface area contributed by atoms with Crippen LogP contribution in [0.3, 0.4) is 0 Å². The molecule has 0 aliphatic heterocycles. The van der Waals surface area contributed by atoms with Crippen LogP contribution in [-0.2, 0) is 6.54 Å². The van der Waals surface area contributed by atoms with Crippen LogP contribution in [0.1, 0.15) is 12.5 Å². The number of rotatable bonds is 3. The Bertz CT molecular complexity index is 643. The molecule has 18 heavy (non-hydrogen) atoms. The summed E-state index contributed by atoms with van der Waals surface area (Å²) in [5.41, 5.74) is 1.88. The first kappa shape index (κ1) is 12.9. The minimum absolute atomic E-state index is 0.0869. The second-order valence-electron chi connectivity index (χ2n) is 3.78. The lowest BCUT2D eigenvalue weighted by Crippen LogP contribution is -1.90. The zero-order valence-corrected chi connectivity index (χ0v) is 11.8. The summed E-state index contributed by atoms with van der Waals surface area (Å²) in [4.78, 5) is 0. The molecule has 0 aliphatic carbocycles. The van der Waals surface area contributed by atoms with E-state index in [0.29, 0.717) is 15.5 Å². The molecule has 4 nitrogen and oxygen atoms in total. The second kappa shape index (κ2) is 5.41. The van der Waals surface area contributed by atoms with E-state index in [-0.39, 0.29) is 5.88 Å². The smallest absolute Gasteiger partial charge is 0.232 e. The molecule has 1 N–H and O–H groups in total. The van der Waals surface area contributed by atoms with Crippen LogP contribution in [0.2, 0.25) is 0 Å². The van der Waals surface area contributed by atoms with Gasteiger partial charge >= 0.3 is 0 Å². The summed E-state index contributed by atoms with van der Waals surface area (Å²) in [6.07, 6.45) is 0. The third-order valence-corrected chi connectivity index (χ3v) is 3.75. The predicted octanol–water partition coefficient (Wildman–Crippen LogP) is 4.73. The number of azo groups is 1. The highest BCUT2D eigenvalue weighted by atomic mass is 32.1. The molecule has 2 rings (SSSR count). The highest BCUT2D eigenvalue weighted by molar-refractivity contribution is 7.73. The van der Waals surface area contributed by atoms with E-state index < -0.39 is 0 Å². The lowest BCUT2D eigenvalue weighted by molar-refractivity contribution is 0.421. The Balaban J connectivity index is 2.32. The zero-order chi connectivity index (χ0) is 13.1. The predicted molar refractivity (Wildman–Crippen MR) is 75.8 cm³/mol. The van der Waals surface area contributed by atoms with Gasteiger partial charge in [0.2, 0.25) is 10.9 Å². The lowest BCUT2D eigenvalue weighted by atomic mass is 10.2. The van der Waals surface area contributed by atoms with Crippen molar-refractivity contribution < 1.29 is 5.11 Å². The number of nitrogens with zero attached hydrogens (tertiary/aromatic N) is 3. The minimum atomic E-state index is 0.0869. The second-order valence-corrected chi connectivity index (χ2v) is 5.40. The minimum Gasteiger partial charge on any atom is -0.492 e. The molecular formula is C12H13N3OS2. The average Bonchev–Trinajstić information content (AvgIpc) is 2.61. The molecule has 1 aromatic carbocycles. The van der Waals surface area contributed by atoms with Gasteiger partial charge in [-0.2, -0.15) is 0 Å². The average molecular weight is 279 g/mol. The van der Waals surface area contributed by atoms with Crippen molar-refractivity contribution in [1.29, 1.82) is 0 Å². The van der Waals surface area contributed by atoms with Gasteiger partial charge in [-0.1, -0.05) is 23.5 Å². The van der Waals surface area contributed by atoms with E-state index in [4.69, 9.17) is 12.2 Å². The Hall–Kier alpha value is -1.53. The van der Waals surface area contributed by atoms with Gasteiger partial charge < -0.3 is 5.11 Å². The quantitative estimate of drug-likeness (QED) is 0.652. The molecule has 0 saturated heterocycles. The van der Waals surface area contributed by atoms with Crippen LogP contribution >= 0.6 is 23.6 Å². The number of aryl methyl sites for hydroxylation is 1. The SMILES string of the molecule is CCn1c(O)c(N=Nc2cccc(C)c2)sc1=S. The van der Waals surface area contributed by atoms with Crippen LogP contribution in [0.15, 0.2) is 34.5 Å². The van der Waals surface area contributed by atoms with Gasteiger partial charge in [0, 0.05) is 6.54 Å². The fourth-order valence-electron chi connectivity index (χ4n) is 1.52.